The second-order valence-electron chi connectivity index (χ2n) is 4.83. The molecule has 1 aliphatic heterocycles. The third-order valence-electron chi connectivity index (χ3n) is 3.05. The quantitative estimate of drug-likeness (QED) is 0.835. The van der Waals surface area contributed by atoms with Crippen LogP contribution in [0.5, 0.6) is 0 Å². The van der Waals surface area contributed by atoms with Gasteiger partial charge in [-0.3, -0.25) is 4.79 Å². The lowest BCUT2D eigenvalue weighted by Crippen LogP contribution is -2.48. The van der Waals surface area contributed by atoms with Gasteiger partial charge in [-0.25, -0.2) is 0 Å². The van der Waals surface area contributed by atoms with Crippen molar-refractivity contribution in [2.24, 2.45) is 0 Å². The van der Waals surface area contributed by atoms with Crippen LogP contribution in [0.4, 0.5) is 0 Å². The fraction of sp³-hybridized carbons (Fsp3) is 0.462. The van der Waals surface area contributed by atoms with Gasteiger partial charge in [0.1, 0.15) is 0 Å². The zero-order chi connectivity index (χ0) is 12.5. The van der Waals surface area contributed by atoms with Crippen LogP contribution in [0, 0.1) is 0 Å². The number of β-amino-alcohol motifs (C(OH)–C–C–N with tert-alkyl or cyclic N) is 1. The van der Waals surface area contributed by atoms with Crippen LogP contribution >= 0.6 is 11.6 Å². The first-order valence-electron chi connectivity index (χ1n) is 5.75. The predicted octanol–water partition coefficient (Wildman–Crippen LogP) is 2.33. The molecule has 1 heterocycles. The van der Waals surface area contributed by atoms with E-state index in [9.17, 15) is 9.90 Å². The number of benzene rings is 1. The first-order valence-corrected chi connectivity index (χ1v) is 6.13. The van der Waals surface area contributed by atoms with Gasteiger partial charge in [0.25, 0.3) is 5.91 Å². The van der Waals surface area contributed by atoms with Gasteiger partial charge in [-0.15, -0.1) is 0 Å². The molecule has 1 aromatic rings. The van der Waals surface area contributed by atoms with Crippen LogP contribution in [-0.4, -0.2) is 34.6 Å². The molecule has 17 heavy (non-hydrogen) atoms. The van der Waals surface area contributed by atoms with E-state index in [0.717, 1.165) is 12.8 Å². The van der Waals surface area contributed by atoms with Gasteiger partial charge in [0.2, 0.25) is 0 Å². The molecular weight excluding hydrogens is 238 g/mol. The van der Waals surface area contributed by atoms with E-state index in [0.29, 0.717) is 23.7 Å². The summed E-state index contributed by atoms with van der Waals surface area (Å²) in [6.07, 6.45) is 1.59. The average molecular weight is 254 g/mol. The Balaban J connectivity index is 2.12. The Hall–Kier alpha value is -1.06. The zero-order valence-corrected chi connectivity index (χ0v) is 10.6. The molecule has 3 nitrogen and oxygen atoms in total. The highest BCUT2D eigenvalue weighted by Gasteiger charge is 2.31. The van der Waals surface area contributed by atoms with Gasteiger partial charge < -0.3 is 10.0 Å². The lowest BCUT2D eigenvalue weighted by Gasteiger charge is -2.36. The highest BCUT2D eigenvalue weighted by molar-refractivity contribution is 6.30. The molecule has 92 valence electrons. The molecule has 0 radical (unpaired) electrons. The molecular formula is C13H16ClNO2. The highest BCUT2D eigenvalue weighted by atomic mass is 35.5. The number of halogens is 1. The minimum atomic E-state index is -0.764. The van der Waals surface area contributed by atoms with Crippen LogP contribution in [0.15, 0.2) is 24.3 Å². The number of likely N-dealkylation sites (tertiary alicyclic amines) is 1. The molecule has 2 rings (SSSR count). The zero-order valence-electron chi connectivity index (χ0n) is 9.82. The van der Waals surface area contributed by atoms with Crippen LogP contribution in [0.3, 0.4) is 0 Å². The molecule has 0 bridgehead atoms. The second-order valence-corrected chi connectivity index (χ2v) is 5.27. The first-order chi connectivity index (χ1) is 7.98. The van der Waals surface area contributed by atoms with Crippen molar-refractivity contribution in [1.82, 2.24) is 4.90 Å². The minimum Gasteiger partial charge on any atom is -0.388 e. The fourth-order valence-corrected chi connectivity index (χ4v) is 2.29. The minimum absolute atomic E-state index is 0.0401. The number of rotatable bonds is 1. The van der Waals surface area contributed by atoms with E-state index in [1.165, 1.54) is 0 Å². The normalized spacial score (nSPS) is 24.8. The summed E-state index contributed by atoms with van der Waals surface area (Å²) in [5.74, 6) is -0.0401. The summed E-state index contributed by atoms with van der Waals surface area (Å²) in [6.45, 7) is 2.88. The lowest BCUT2D eigenvalue weighted by molar-refractivity contribution is -0.0107. The highest BCUT2D eigenvalue weighted by Crippen LogP contribution is 2.22. The summed E-state index contributed by atoms with van der Waals surface area (Å²) in [7, 11) is 0. The van der Waals surface area contributed by atoms with E-state index in [-0.39, 0.29) is 5.91 Å². The Labute approximate surface area is 106 Å². The van der Waals surface area contributed by atoms with Gasteiger partial charge in [0.15, 0.2) is 0 Å². The molecule has 1 saturated heterocycles. The standard InChI is InChI=1S/C13H16ClNO2/c1-13(17)7-2-8-15(9-13)12(16)10-3-5-11(14)6-4-10/h3-6,17H,2,7-9H2,1H3. The molecule has 0 saturated carbocycles. The molecule has 1 fully saturated rings. The average Bonchev–Trinajstić information content (AvgIpc) is 2.28. The number of piperidine rings is 1. The first kappa shape index (κ1) is 12.4. The molecule has 1 unspecified atom stereocenters. The number of carbonyl (C=O) groups is 1. The van der Waals surface area contributed by atoms with E-state index in [2.05, 4.69) is 0 Å². The van der Waals surface area contributed by atoms with Crippen LogP contribution in [0.1, 0.15) is 30.1 Å². The van der Waals surface area contributed by atoms with Gasteiger partial charge >= 0.3 is 0 Å². The van der Waals surface area contributed by atoms with Crippen molar-refractivity contribution in [2.75, 3.05) is 13.1 Å². The maximum atomic E-state index is 12.2. The van der Waals surface area contributed by atoms with Gasteiger partial charge in [0.05, 0.1) is 5.60 Å². The van der Waals surface area contributed by atoms with Crippen molar-refractivity contribution in [3.8, 4) is 0 Å². The van der Waals surface area contributed by atoms with Crippen LogP contribution in [0.25, 0.3) is 0 Å². The Morgan fingerprint density at radius 3 is 2.65 bits per heavy atom. The predicted molar refractivity (Wildman–Crippen MR) is 67.2 cm³/mol. The molecule has 4 heteroatoms. The molecule has 1 atom stereocenters. The summed E-state index contributed by atoms with van der Waals surface area (Å²) in [6, 6.07) is 6.84. The summed E-state index contributed by atoms with van der Waals surface area (Å²) in [5, 5.41) is 10.6. The van der Waals surface area contributed by atoms with Crippen molar-refractivity contribution < 1.29 is 9.90 Å². The molecule has 1 aromatic carbocycles. The van der Waals surface area contributed by atoms with Crippen molar-refractivity contribution in [2.45, 2.75) is 25.4 Å². The van der Waals surface area contributed by atoms with E-state index in [1.807, 2.05) is 0 Å². The van der Waals surface area contributed by atoms with Gasteiger partial charge in [-0.05, 0) is 44.0 Å². The fourth-order valence-electron chi connectivity index (χ4n) is 2.17. The Kier molecular flexibility index (Phi) is 3.40. The second kappa shape index (κ2) is 4.67. The smallest absolute Gasteiger partial charge is 0.253 e. The Bertz CT molecular complexity index is 414. The Morgan fingerprint density at radius 2 is 2.06 bits per heavy atom. The number of aliphatic hydroxyl groups is 1. The molecule has 1 amide bonds. The third kappa shape index (κ3) is 2.99. The summed E-state index contributed by atoms with van der Waals surface area (Å²) >= 11 is 5.78. The molecule has 0 aliphatic carbocycles. The summed E-state index contributed by atoms with van der Waals surface area (Å²) < 4.78 is 0. The van der Waals surface area contributed by atoms with Crippen molar-refractivity contribution in [3.63, 3.8) is 0 Å². The SMILES string of the molecule is CC1(O)CCCN(C(=O)c2ccc(Cl)cc2)C1. The van der Waals surface area contributed by atoms with Crippen molar-refractivity contribution >= 4 is 17.5 Å². The van der Waals surface area contributed by atoms with Crippen LogP contribution in [0.2, 0.25) is 5.02 Å². The summed E-state index contributed by atoms with van der Waals surface area (Å²) in [5.41, 5.74) is -0.146. The number of hydrogen-bond donors (Lipinski definition) is 1. The number of hydrogen-bond acceptors (Lipinski definition) is 2. The number of carbonyl (C=O) groups excluding carboxylic acids is 1. The van der Waals surface area contributed by atoms with Crippen molar-refractivity contribution in [1.29, 1.82) is 0 Å². The van der Waals surface area contributed by atoms with E-state index < -0.39 is 5.60 Å². The molecule has 1 aliphatic rings. The maximum absolute atomic E-state index is 12.2. The maximum Gasteiger partial charge on any atom is 0.253 e. The van der Waals surface area contributed by atoms with Crippen LogP contribution in [-0.2, 0) is 0 Å². The molecule has 0 spiro atoms. The Morgan fingerprint density at radius 1 is 1.41 bits per heavy atom. The third-order valence-corrected chi connectivity index (χ3v) is 3.31. The van der Waals surface area contributed by atoms with E-state index in [1.54, 1.807) is 36.1 Å². The van der Waals surface area contributed by atoms with Gasteiger partial charge in [-0.1, -0.05) is 11.6 Å². The number of nitrogens with zero attached hydrogens (tertiary/aromatic N) is 1. The van der Waals surface area contributed by atoms with E-state index in [4.69, 9.17) is 11.6 Å². The van der Waals surface area contributed by atoms with Gasteiger partial charge in [-0.2, -0.15) is 0 Å². The topological polar surface area (TPSA) is 40.5 Å². The van der Waals surface area contributed by atoms with Gasteiger partial charge in [0, 0.05) is 23.7 Å². The molecule has 0 aromatic heterocycles. The van der Waals surface area contributed by atoms with Crippen LogP contribution < -0.4 is 0 Å². The monoisotopic (exact) mass is 253 g/mol. The largest absolute Gasteiger partial charge is 0.388 e. The summed E-state index contributed by atoms with van der Waals surface area (Å²) in [4.78, 5) is 13.9. The van der Waals surface area contributed by atoms with Crippen molar-refractivity contribution in [3.05, 3.63) is 34.9 Å². The van der Waals surface area contributed by atoms with E-state index >= 15 is 0 Å². The molecule has 1 N–H and O–H groups in total. The number of amides is 1. The lowest BCUT2D eigenvalue weighted by atomic mass is 9.94.